The number of hydrogen-bond acceptors (Lipinski definition) is 4. The van der Waals surface area contributed by atoms with Crippen molar-refractivity contribution in [1.82, 2.24) is 9.78 Å². The molecule has 1 unspecified atom stereocenters. The third-order valence-electron chi connectivity index (χ3n) is 4.72. The molecule has 0 bridgehead atoms. The van der Waals surface area contributed by atoms with E-state index in [2.05, 4.69) is 5.10 Å². The van der Waals surface area contributed by atoms with Crippen molar-refractivity contribution < 1.29 is 27.4 Å². The topological polar surface area (TPSA) is 53.3 Å². The van der Waals surface area contributed by atoms with Crippen molar-refractivity contribution in [2.45, 2.75) is 51.2 Å². The van der Waals surface area contributed by atoms with Gasteiger partial charge in [0.1, 0.15) is 0 Å². The molecule has 1 aliphatic carbocycles. The quantitative estimate of drug-likeness (QED) is 0.790. The van der Waals surface area contributed by atoms with E-state index in [1.807, 2.05) is 0 Å². The lowest BCUT2D eigenvalue weighted by Gasteiger charge is -2.27. The standard InChI is InChI=1S/C16H21F3N2O3/c1-2-24-15(22)10-3-4-13-12(9-10)14(16(17,18)19)20-21(13)11-5-7-23-8-6-11/h10-11H,2-9H2,1H3. The molecule has 2 heterocycles. The molecule has 1 aromatic rings. The largest absolute Gasteiger partial charge is 0.466 e. The summed E-state index contributed by atoms with van der Waals surface area (Å²) in [5.74, 6) is -0.944. The summed E-state index contributed by atoms with van der Waals surface area (Å²) >= 11 is 0. The van der Waals surface area contributed by atoms with Gasteiger partial charge in [-0.25, -0.2) is 0 Å². The summed E-state index contributed by atoms with van der Waals surface area (Å²) < 4.78 is 52.1. The molecule has 0 amide bonds. The molecule has 24 heavy (non-hydrogen) atoms. The van der Waals surface area contributed by atoms with E-state index in [0.717, 1.165) is 0 Å². The van der Waals surface area contributed by atoms with E-state index < -0.39 is 23.8 Å². The van der Waals surface area contributed by atoms with Crippen LogP contribution in [-0.2, 0) is 33.3 Å². The second-order valence-corrected chi connectivity index (χ2v) is 6.25. The van der Waals surface area contributed by atoms with Gasteiger partial charge in [-0.2, -0.15) is 18.3 Å². The highest BCUT2D eigenvalue weighted by Gasteiger charge is 2.42. The number of carbonyl (C=O) groups excluding carboxylic acids is 1. The van der Waals surface area contributed by atoms with E-state index in [1.54, 1.807) is 11.6 Å². The molecule has 0 saturated carbocycles. The zero-order valence-electron chi connectivity index (χ0n) is 13.6. The Morgan fingerprint density at radius 1 is 1.33 bits per heavy atom. The number of esters is 1. The van der Waals surface area contributed by atoms with Crippen LogP contribution in [0.2, 0.25) is 0 Å². The molecule has 0 radical (unpaired) electrons. The van der Waals surface area contributed by atoms with Crippen LogP contribution in [-0.4, -0.2) is 35.6 Å². The van der Waals surface area contributed by atoms with Crippen LogP contribution in [0, 0.1) is 5.92 Å². The summed E-state index contributed by atoms with van der Waals surface area (Å²) in [4.78, 5) is 11.9. The highest BCUT2D eigenvalue weighted by molar-refractivity contribution is 5.73. The van der Waals surface area contributed by atoms with Crippen molar-refractivity contribution in [3.63, 3.8) is 0 Å². The molecule has 3 rings (SSSR count). The molecule has 5 nitrogen and oxygen atoms in total. The number of ether oxygens (including phenoxy) is 2. The summed E-state index contributed by atoms with van der Waals surface area (Å²) in [7, 11) is 0. The van der Waals surface area contributed by atoms with Gasteiger partial charge in [0.25, 0.3) is 0 Å². The van der Waals surface area contributed by atoms with Crippen LogP contribution >= 0.6 is 0 Å². The Kier molecular flexibility index (Phi) is 4.85. The normalized spacial score (nSPS) is 22.2. The Morgan fingerprint density at radius 2 is 2.04 bits per heavy atom. The smallest absolute Gasteiger partial charge is 0.435 e. The molecule has 1 fully saturated rings. The van der Waals surface area contributed by atoms with Crippen LogP contribution in [0.25, 0.3) is 0 Å². The minimum atomic E-state index is -4.52. The van der Waals surface area contributed by atoms with E-state index in [0.29, 0.717) is 44.6 Å². The summed E-state index contributed by atoms with van der Waals surface area (Å²) in [5, 5.41) is 3.91. The number of halogens is 3. The van der Waals surface area contributed by atoms with E-state index in [4.69, 9.17) is 9.47 Å². The van der Waals surface area contributed by atoms with Gasteiger partial charge in [0.2, 0.25) is 0 Å². The maximum Gasteiger partial charge on any atom is 0.435 e. The highest BCUT2D eigenvalue weighted by atomic mass is 19.4. The van der Waals surface area contributed by atoms with Crippen LogP contribution < -0.4 is 0 Å². The van der Waals surface area contributed by atoms with Gasteiger partial charge in [-0.1, -0.05) is 0 Å². The first-order chi connectivity index (χ1) is 11.4. The van der Waals surface area contributed by atoms with Gasteiger partial charge in [-0.3, -0.25) is 9.48 Å². The van der Waals surface area contributed by atoms with Crippen molar-refractivity contribution in [3.8, 4) is 0 Å². The van der Waals surface area contributed by atoms with Crippen LogP contribution in [0.3, 0.4) is 0 Å². The van der Waals surface area contributed by atoms with Crippen molar-refractivity contribution in [3.05, 3.63) is 17.0 Å². The summed E-state index contributed by atoms with van der Waals surface area (Å²) in [6.45, 7) is 2.99. The second kappa shape index (κ2) is 6.74. The molecule has 1 saturated heterocycles. The highest BCUT2D eigenvalue weighted by Crippen LogP contribution is 2.39. The number of rotatable bonds is 3. The Morgan fingerprint density at radius 3 is 2.67 bits per heavy atom. The number of nitrogens with zero attached hydrogens (tertiary/aromatic N) is 2. The van der Waals surface area contributed by atoms with Gasteiger partial charge >= 0.3 is 12.1 Å². The predicted octanol–water partition coefficient (Wildman–Crippen LogP) is 2.92. The maximum atomic E-state index is 13.4. The minimum absolute atomic E-state index is 0.0478. The minimum Gasteiger partial charge on any atom is -0.466 e. The van der Waals surface area contributed by atoms with Gasteiger partial charge in [-0.15, -0.1) is 0 Å². The predicted molar refractivity (Wildman–Crippen MR) is 78.5 cm³/mol. The van der Waals surface area contributed by atoms with Crippen LogP contribution in [0.5, 0.6) is 0 Å². The van der Waals surface area contributed by atoms with Crippen LogP contribution in [0.1, 0.15) is 49.2 Å². The van der Waals surface area contributed by atoms with Crippen molar-refractivity contribution in [1.29, 1.82) is 0 Å². The zero-order chi connectivity index (χ0) is 17.3. The number of fused-ring (bicyclic) bond motifs is 1. The molecular formula is C16H21F3N2O3. The lowest BCUT2D eigenvalue weighted by Crippen LogP contribution is -2.27. The van der Waals surface area contributed by atoms with E-state index in [9.17, 15) is 18.0 Å². The number of hydrogen-bond donors (Lipinski definition) is 0. The third-order valence-corrected chi connectivity index (χ3v) is 4.72. The van der Waals surface area contributed by atoms with E-state index in [1.165, 1.54) is 0 Å². The van der Waals surface area contributed by atoms with Gasteiger partial charge in [0.05, 0.1) is 18.6 Å². The Bertz CT molecular complexity index is 606. The fourth-order valence-electron chi connectivity index (χ4n) is 3.56. The summed E-state index contributed by atoms with van der Waals surface area (Å²) in [5.41, 5.74) is -0.0638. The maximum absolute atomic E-state index is 13.4. The van der Waals surface area contributed by atoms with Gasteiger partial charge in [0.15, 0.2) is 5.69 Å². The zero-order valence-corrected chi connectivity index (χ0v) is 13.6. The Labute approximate surface area is 138 Å². The van der Waals surface area contributed by atoms with Crippen molar-refractivity contribution in [2.24, 2.45) is 5.92 Å². The molecule has 1 aliphatic heterocycles. The molecule has 0 spiro atoms. The first-order valence-corrected chi connectivity index (χ1v) is 8.33. The van der Waals surface area contributed by atoms with Crippen molar-refractivity contribution in [2.75, 3.05) is 19.8 Å². The summed E-state index contributed by atoms with van der Waals surface area (Å²) in [6, 6.07) is -0.0669. The molecule has 134 valence electrons. The fourth-order valence-corrected chi connectivity index (χ4v) is 3.56. The molecule has 1 atom stereocenters. The third kappa shape index (κ3) is 3.29. The summed E-state index contributed by atoms with van der Waals surface area (Å²) in [6.07, 6.45) is -2.24. The van der Waals surface area contributed by atoms with Gasteiger partial charge < -0.3 is 9.47 Å². The fraction of sp³-hybridized carbons (Fsp3) is 0.750. The van der Waals surface area contributed by atoms with Gasteiger partial charge in [-0.05, 0) is 39.0 Å². The first-order valence-electron chi connectivity index (χ1n) is 8.33. The monoisotopic (exact) mass is 346 g/mol. The lowest BCUT2D eigenvalue weighted by atomic mass is 9.86. The van der Waals surface area contributed by atoms with Crippen LogP contribution in [0.4, 0.5) is 13.2 Å². The molecular weight excluding hydrogens is 325 g/mol. The first kappa shape index (κ1) is 17.3. The van der Waals surface area contributed by atoms with Crippen molar-refractivity contribution >= 4 is 5.97 Å². The Hall–Kier alpha value is -1.57. The van der Waals surface area contributed by atoms with Crippen LogP contribution in [0.15, 0.2) is 0 Å². The Balaban J connectivity index is 1.94. The molecule has 0 N–H and O–H groups in total. The molecule has 8 heteroatoms. The van der Waals surface area contributed by atoms with Gasteiger partial charge in [0, 0.05) is 24.5 Å². The molecule has 0 aromatic carbocycles. The van der Waals surface area contributed by atoms with E-state index >= 15 is 0 Å². The number of aromatic nitrogens is 2. The molecule has 2 aliphatic rings. The molecule has 1 aromatic heterocycles. The number of carbonyl (C=O) groups is 1. The average molecular weight is 346 g/mol. The lowest BCUT2D eigenvalue weighted by molar-refractivity contribution is -0.149. The van der Waals surface area contributed by atoms with E-state index in [-0.39, 0.29) is 24.6 Å². The number of alkyl halides is 3. The second-order valence-electron chi connectivity index (χ2n) is 6.25. The SMILES string of the molecule is CCOC(=O)C1CCc2c(c(C(F)(F)F)nn2C2CCOCC2)C1. The average Bonchev–Trinajstić information content (AvgIpc) is 2.95.